The van der Waals surface area contributed by atoms with Crippen molar-refractivity contribution in [2.75, 3.05) is 13.7 Å². The van der Waals surface area contributed by atoms with Gasteiger partial charge in [-0.05, 0) is 25.6 Å². The Morgan fingerprint density at radius 3 is 2.78 bits per heavy atom. The number of furan rings is 1. The summed E-state index contributed by atoms with van der Waals surface area (Å²) in [7, 11) is 1.94. The number of ether oxygens (including phenoxy) is 1. The number of hydrogen-bond acceptors (Lipinski definition) is 3. The molecule has 1 heterocycles. The van der Waals surface area contributed by atoms with E-state index in [0.29, 0.717) is 0 Å². The molecule has 96 valence electrons. The molecule has 0 aliphatic carbocycles. The maximum Gasteiger partial charge on any atom is 0.124 e. The van der Waals surface area contributed by atoms with E-state index in [1.54, 1.807) is 12.5 Å². The van der Waals surface area contributed by atoms with Gasteiger partial charge in [0, 0.05) is 11.1 Å². The normalized spacial score (nSPS) is 12.3. The van der Waals surface area contributed by atoms with Crippen molar-refractivity contribution < 1.29 is 9.15 Å². The molecule has 0 spiro atoms. The monoisotopic (exact) mass is 245 g/mol. The second-order valence-electron chi connectivity index (χ2n) is 4.16. The summed E-state index contributed by atoms with van der Waals surface area (Å²) in [5.41, 5.74) is 2.24. The van der Waals surface area contributed by atoms with Crippen LogP contribution in [-0.2, 0) is 0 Å². The van der Waals surface area contributed by atoms with Crippen LogP contribution < -0.4 is 10.1 Å². The summed E-state index contributed by atoms with van der Waals surface area (Å²) in [6.07, 6.45) is 4.46. The zero-order valence-corrected chi connectivity index (χ0v) is 10.8. The van der Waals surface area contributed by atoms with Crippen LogP contribution in [0.5, 0.6) is 5.75 Å². The van der Waals surface area contributed by atoms with Gasteiger partial charge in [-0.15, -0.1) is 0 Å². The molecule has 1 aromatic heterocycles. The van der Waals surface area contributed by atoms with E-state index < -0.39 is 0 Å². The average molecular weight is 245 g/mol. The van der Waals surface area contributed by atoms with Crippen molar-refractivity contribution in [1.82, 2.24) is 5.32 Å². The molecule has 1 aromatic carbocycles. The van der Waals surface area contributed by atoms with Gasteiger partial charge in [0.25, 0.3) is 0 Å². The van der Waals surface area contributed by atoms with Crippen LogP contribution >= 0.6 is 0 Å². The highest BCUT2D eigenvalue weighted by Crippen LogP contribution is 2.30. The lowest BCUT2D eigenvalue weighted by Crippen LogP contribution is -2.18. The summed E-state index contributed by atoms with van der Waals surface area (Å²) in [5, 5.41) is 3.30. The van der Waals surface area contributed by atoms with Crippen LogP contribution in [0.1, 0.15) is 30.5 Å². The first kappa shape index (κ1) is 12.7. The Morgan fingerprint density at radius 2 is 2.11 bits per heavy atom. The fourth-order valence-corrected chi connectivity index (χ4v) is 2.00. The van der Waals surface area contributed by atoms with Gasteiger partial charge in [-0.1, -0.05) is 25.1 Å². The first-order chi connectivity index (χ1) is 8.86. The van der Waals surface area contributed by atoms with Gasteiger partial charge in [-0.25, -0.2) is 0 Å². The number of hydrogen-bond donors (Lipinski definition) is 1. The zero-order chi connectivity index (χ0) is 12.8. The van der Waals surface area contributed by atoms with Crippen LogP contribution in [-0.4, -0.2) is 13.7 Å². The third kappa shape index (κ3) is 2.74. The van der Waals surface area contributed by atoms with Crippen LogP contribution in [0, 0.1) is 0 Å². The summed E-state index contributed by atoms with van der Waals surface area (Å²) in [4.78, 5) is 0. The Hall–Kier alpha value is -1.74. The van der Waals surface area contributed by atoms with Crippen molar-refractivity contribution in [3.05, 3.63) is 54.0 Å². The van der Waals surface area contributed by atoms with Gasteiger partial charge >= 0.3 is 0 Å². The third-order valence-electron chi connectivity index (χ3n) is 2.86. The fraction of sp³-hybridized carbons (Fsp3) is 0.333. The molecule has 1 unspecified atom stereocenters. The average Bonchev–Trinajstić information content (AvgIpc) is 2.92. The van der Waals surface area contributed by atoms with Crippen LogP contribution in [0.3, 0.4) is 0 Å². The molecule has 3 nitrogen and oxygen atoms in total. The predicted molar refractivity (Wildman–Crippen MR) is 71.8 cm³/mol. The highest BCUT2D eigenvalue weighted by Gasteiger charge is 2.17. The van der Waals surface area contributed by atoms with Crippen molar-refractivity contribution >= 4 is 0 Å². The lowest BCUT2D eigenvalue weighted by atomic mass is 10.0. The molecular formula is C15H19NO2. The summed E-state index contributed by atoms with van der Waals surface area (Å²) >= 11 is 0. The molecule has 3 heteroatoms. The summed E-state index contributed by atoms with van der Waals surface area (Å²) < 4.78 is 11.0. The Balaban J connectivity index is 2.30. The summed E-state index contributed by atoms with van der Waals surface area (Å²) in [5.74, 6) is 0.930. The van der Waals surface area contributed by atoms with E-state index in [2.05, 4.69) is 18.3 Å². The second kappa shape index (κ2) is 6.26. The number of rotatable bonds is 6. The highest BCUT2D eigenvalue weighted by molar-refractivity contribution is 5.40. The smallest absolute Gasteiger partial charge is 0.124 e. The van der Waals surface area contributed by atoms with Crippen molar-refractivity contribution in [2.24, 2.45) is 0 Å². The van der Waals surface area contributed by atoms with Gasteiger partial charge in [-0.2, -0.15) is 0 Å². The van der Waals surface area contributed by atoms with E-state index in [1.165, 1.54) is 0 Å². The van der Waals surface area contributed by atoms with E-state index in [4.69, 9.17) is 9.15 Å². The van der Waals surface area contributed by atoms with E-state index >= 15 is 0 Å². The first-order valence-electron chi connectivity index (χ1n) is 6.28. The minimum Gasteiger partial charge on any atom is -0.493 e. The predicted octanol–water partition coefficient (Wildman–Crippen LogP) is 3.38. The standard InChI is InChI=1S/C15H19NO2/c1-3-9-18-14-7-5-4-6-13(14)15(16-2)12-8-10-17-11-12/h4-8,10-11,15-16H,3,9H2,1-2H3. The SMILES string of the molecule is CCCOc1ccccc1C(NC)c1ccoc1. The van der Waals surface area contributed by atoms with E-state index in [0.717, 1.165) is 29.9 Å². The highest BCUT2D eigenvalue weighted by atomic mass is 16.5. The zero-order valence-electron chi connectivity index (χ0n) is 10.8. The Kier molecular flexibility index (Phi) is 4.42. The van der Waals surface area contributed by atoms with Crippen molar-refractivity contribution in [2.45, 2.75) is 19.4 Å². The van der Waals surface area contributed by atoms with Gasteiger partial charge in [0.05, 0.1) is 25.2 Å². The van der Waals surface area contributed by atoms with Crippen molar-refractivity contribution in [3.63, 3.8) is 0 Å². The van der Waals surface area contributed by atoms with E-state index in [1.807, 2.05) is 31.3 Å². The topological polar surface area (TPSA) is 34.4 Å². The molecule has 0 bridgehead atoms. The molecule has 18 heavy (non-hydrogen) atoms. The molecule has 0 amide bonds. The van der Waals surface area contributed by atoms with Crippen molar-refractivity contribution in [3.8, 4) is 5.75 Å². The molecule has 0 saturated carbocycles. The number of nitrogens with one attached hydrogen (secondary N) is 1. The molecule has 0 aliphatic heterocycles. The van der Waals surface area contributed by atoms with E-state index in [-0.39, 0.29) is 6.04 Å². The fourth-order valence-electron chi connectivity index (χ4n) is 2.00. The minimum atomic E-state index is 0.0943. The number of benzene rings is 1. The Labute approximate surface area is 108 Å². The molecule has 1 N–H and O–H groups in total. The second-order valence-corrected chi connectivity index (χ2v) is 4.16. The van der Waals surface area contributed by atoms with Gasteiger partial charge in [0.15, 0.2) is 0 Å². The van der Waals surface area contributed by atoms with Crippen molar-refractivity contribution in [1.29, 1.82) is 0 Å². The van der Waals surface area contributed by atoms with Gasteiger partial charge in [0.2, 0.25) is 0 Å². The largest absolute Gasteiger partial charge is 0.493 e. The Morgan fingerprint density at radius 1 is 1.28 bits per heavy atom. The molecule has 2 aromatic rings. The van der Waals surface area contributed by atoms with Gasteiger partial charge < -0.3 is 14.5 Å². The quantitative estimate of drug-likeness (QED) is 0.847. The molecule has 0 saturated heterocycles. The molecule has 2 rings (SSSR count). The maximum absolute atomic E-state index is 5.80. The van der Waals surface area contributed by atoms with Crippen LogP contribution in [0.25, 0.3) is 0 Å². The third-order valence-corrected chi connectivity index (χ3v) is 2.86. The van der Waals surface area contributed by atoms with Crippen LogP contribution in [0.4, 0.5) is 0 Å². The molecule has 0 fully saturated rings. The summed E-state index contributed by atoms with van der Waals surface area (Å²) in [6.45, 7) is 2.84. The number of para-hydroxylation sites is 1. The van der Waals surface area contributed by atoms with Crippen LogP contribution in [0.15, 0.2) is 47.3 Å². The molecule has 0 aliphatic rings. The van der Waals surface area contributed by atoms with E-state index in [9.17, 15) is 0 Å². The maximum atomic E-state index is 5.80. The van der Waals surface area contributed by atoms with Gasteiger partial charge in [-0.3, -0.25) is 0 Å². The first-order valence-corrected chi connectivity index (χ1v) is 6.28. The minimum absolute atomic E-state index is 0.0943. The summed E-state index contributed by atoms with van der Waals surface area (Å²) in [6, 6.07) is 10.2. The molecule has 0 radical (unpaired) electrons. The van der Waals surface area contributed by atoms with Crippen LogP contribution in [0.2, 0.25) is 0 Å². The Bertz CT molecular complexity index is 465. The molecule has 1 atom stereocenters. The lowest BCUT2D eigenvalue weighted by molar-refractivity contribution is 0.312. The molecular weight excluding hydrogens is 226 g/mol. The lowest BCUT2D eigenvalue weighted by Gasteiger charge is -2.19. The van der Waals surface area contributed by atoms with Gasteiger partial charge in [0.1, 0.15) is 5.75 Å².